The fraction of sp³-hybridized carbons (Fsp3) is 0.500. The van der Waals surface area contributed by atoms with E-state index in [9.17, 15) is 9.59 Å². The fourth-order valence-electron chi connectivity index (χ4n) is 2.15. The minimum atomic E-state index is -0.997. The summed E-state index contributed by atoms with van der Waals surface area (Å²) in [5, 5.41) is 8.94. The van der Waals surface area contributed by atoms with E-state index in [0.29, 0.717) is 17.4 Å². The molecule has 0 aromatic heterocycles. The average Bonchev–Trinajstić information content (AvgIpc) is 2.36. The smallest absolute Gasteiger partial charge is 0.323 e. The molecule has 6 nitrogen and oxygen atoms in total. The first kappa shape index (κ1) is 18.1. The summed E-state index contributed by atoms with van der Waals surface area (Å²) in [6.07, 6.45) is -0.546. The Morgan fingerprint density at radius 2 is 1.82 bits per heavy atom. The maximum absolute atomic E-state index is 12.1. The van der Waals surface area contributed by atoms with Gasteiger partial charge in [0.25, 0.3) is 0 Å². The molecule has 2 atom stereocenters. The molecular weight excluding hydrogens is 284 g/mol. The van der Waals surface area contributed by atoms with E-state index in [1.807, 2.05) is 51.5 Å². The lowest BCUT2D eigenvalue weighted by atomic mass is 10.1. The lowest BCUT2D eigenvalue weighted by Crippen LogP contribution is -2.46. The number of rotatable bonds is 8. The van der Waals surface area contributed by atoms with Crippen molar-refractivity contribution in [2.75, 3.05) is 27.7 Å². The van der Waals surface area contributed by atoms with E-state index in [1.165, 1.54) is 0 Å². The summed E-state index contributed by atoms with van der Waals surface area (Å²) in [4.78, 5) is 23.0. The van der Waals surface area contributed by atoms with Crippen LogP contribution in [0.1, 0.15) is 12.0 Å². The Morgan fingerprint density at radius 1 is 1.23 bits per heavy atom. The number of carboxylic acids is 1. The predicted octanol–water partition coefficient (Wildman–Crippen LogP) is 0.649. The Hall–Kier alpha value is -1.92. The molecule has 0 aliphatic heterocycles. The Bertz CT molecular complexity index is 497. The second-order valence-electron chi connectivity index (χ2n) is 6.43. The van der Waals surface area contributed by atoms with Gasteiger partial charge in [0.1, 0.15) is 12.6 Å². The normalized spacial score (nSPS) is 14.2. The summed E-state index contributed by atoms with van der Waals surface area (Å²) in [5.41, 5.74) is 6.80. The highest BCUT2D eigenvalue weighted by molar-refractivity contribution is 5.76. The summed E-state index contributed by atoms with van der Waals surface area (Å²) in [5.74, 6) is -1.56. The van der Waals surface area contributed by atoms with Gasteiger partial charge in [0.2, 0.25) is 0 Å². The molecule has 0 radical (unpaired) electrons. The van der Waals surface area contributed by atoms with Gasteiger partial charge in [-0.2, -0.15) is 0 Å². The van der Waals surface area contributed by atoms with Crippen LogP contribution in [-0.4, -0.2) is 61.4 Å². The fourth-order valence-corrected chi connectivity index (χ4v) is 2.15. The molecular formula is C16H25N2O4+. The lowest BCUT2D eigenvalue weighted by molar-refractivity contribution is -0.873. The summed E-state index contributed by atoms with van der Waals surface area (Å²) in [6.45, 7) is 0.413. The van der Waals surface area contributed by atoms with E-state index in [-0.39, 0.29) is 6.42 Å². The number of carbonyl (C=O) groups is 2. The highest BCUT2D eigenvalue weighted by atomic mass is 16.5. The second-order valence-corrected chi connectivity index (χ2v) is 6.43. The van der Waals surface area contributed by atoms with Crippen LogP contribution >= 0.6 is 0 Å². The third-order valence-corrected chi connectivity index (χ3v) is 3.04. The van der Waals surface area contributed by atoms with E-state index >= 15 is 0 Å². The van der Waals surface area contributed by atoms with Crippen molar-refractivity contribution in [1.82, 2.24) is 0 Å². The molecule has 0 aliphatic rings. The number of hydrogen-bond donors (Lipinski definition) is 2. The molecule has 6 heteroatoms. The van der Waals surface area contributed by atoms with E-state index in [0.717, 1.165) is 5.56 Å². The zero-order valence-corrected chi connectivity index (χ0v) is 13.4. The maximum atomic E-state index is 12.1. The molecule has 1 aromatic rings. The third kappa shape index (κ3) is 7.19. The van der Waals surface area contributed by atoms with Crippen LogP contribution in [0.4, 0.5) is 0 Å². The van der Waals surface area contributed by atoms with Crippen LogP contribution in [-0.2, 0) is 20.7 Å². The van der Waals surface area contributed by atoms with Crippen molar-refractivity contribution in [3.63, 3.8) is 0 Å². The first-order valence-electron chi connectivity index (χ1n) is 7.19. The van der Waals surface area contributed by atoms with Gasteiger partial charge < -0.3 is 20.1 Å². The molecule has 1 aromatic carbocycles. The molecule has 3 N–H and O–H groups in total. The van der Waals surface area contributed by atoms with Crippen LogP contribution in [0.15, 0.2) is 30.3 Å². The van der Waals surface area contributed by atoms with Gasteiger partial charge in [-0.1, -0.05) is 30.3 Å². The van der Waals surface area contributed by atoms with Crippen molar-refractivity contribution in [2.24, 2.45) is 5.73 Å². The Kier molecular flexibility index (Phi) is 6.52. The largest absolute Gasteiger partial charge is 0.481 e. The van der Waals surface area contributed by atoms with Crippen LogP contribution in [0.5, 0.6) is 0 Å². The molecule has 0 amide bonds. The minimum Gasteiger partial charge on any atom is -0.481 e. The Morgan fingerprint density at radius 3 is 2.32 bits per heavy atom. The molecule has 0 heterocycles. The van der Waals surface area contributed by atoms with Crippen molar-refractivity contribution >= 4 is 11.9 Å². The molecule has 0 spiro atoms. The number of ether oxygens (including phenoxy) is 1. The van der Waals surface area contributed by atoms with Crippen LogP contribution in [0.2, 0.25) is 0 Å². The van der Waals surface area contributed by atoms with Crippen molar-refractivity contribution in [3.8, 4) is 0 Å². The average molecular weight is 309 g/mol. The zero-order valence-electron chi connectivity index (χ0n) is 13.4. The van der Waals surface area contributed by atoms with Crippen molar-refractivity contribution in [2.45, 2.75) is 25.0 Å². The van der Waals surface area contributed by atoms with Crippen LogP contribution < -0.4 is 5.73 Å². The van der Waals surface area contributed by atoms with Gasteiger partial charge in [-0.25, -0.2) is 0 Å². The van der Waals surface area contributed by atoms with Gasteiger partial charge in [0.05, 0.1) is 27.6 Å². The standard InChI is InChI=1S/C16H24N2O4/c1-18(2,3)11-13(10-15(19)20)22-16(21)14(17)9-12-7-5-4-6-8-12/h4-8,13-14H,9-11,17H2,1-3H3/p+1/t13-,14-/m0/s1. The molecule has 0 aliphatic carbocycles. The number of nitrogens with two attached hydrogens (primary N) is 1. The van der Waals surface area contributed by atoms with E-state index in [4.69, 9.17) is 15.6 Å². The summed E-state index contributed by atoms with van der Waals surface area (Å²) < 4.78 is 5.81. The summed E-state index contributed by atoms with van der Waals surface area (Å²) >= 11 is 0. The highest BCUT2D eigenvalue weighted by Gasteiger charge is 2.27. The number of likely N-dealkylation sites (N-methyl/N-ethyl adjacent to an activating group) is 1. The number of nitrogens with zero attached hydrogens (tertiary/aromatic N) is 1. The Balaban J connectivity index is 2.63. The Labute approximate surface area is 131 Å². The molecule has 0 saturated carbocycles. The summed E-state index contributed by atoms with van der Waals surface area (Å²) in [6, 6.07) is 8.60. The number of carboxylic acid groups (broad SMARTS) is 1. The topological polar surface area (TPSA) is 89.6 Å². The van der Waals surface area contributed by atoms with E-state index in [1.54, 1.807) is 0 Å². The molecule has 0 fully saturated rings. The highest BCUT2D eigenvalue weighted by Crippen LogP contribution is 2.08. The van der Waals surface area contributed by atoms with Gasteiger partial charge in [0.15, 0.2) is 6.10 Å². The monoisotopic (exact) mass is 309 g/mol. The van der Waals surface area contributed by atoms with Gasteiger partial charge >= 0.3 is 11.9 Å². The van der Waals surface area contributed by atoms with Crippen molar-refractivity contribution in [1.29, 1.82) is 0 Å². The van der Waals surface area contributed by atoms with Gasteiger partial charge in [0, 0.05) is 0 Å². The molecule has 1 rings (SSSR count). The van der Waals surface area contributed by atoms with Gasteiger partial charge in [-0.15, -0.1) is 0 Å². The maximum Gasteiger partial charge on any atom is 0.323 e. The van der Waals surface area contributed by atoms with Crippen LogP contribution in [0.3, 0.4) is 0 Å². The molecule has 22 heavy (non-hydrogen) atoms. The molecule has 0 bridgehead atoms. The SMILES string of the molecule is C[N+](C)(C)C[C@H](CC(=O)O)OC(=O)[C@@H](N)Cc1ccccc1. The van der Waals surface area contributed by atoms with E-state index < -0.39 is 24.1 Å². The lowest BCUT2D eigenvalue weighted by Gasteiger charge is -2.28. The summed E-state index contributed by atoms with van der Waals surface area (Å²) in [7, 11) is 5.73. The molecule has 0 saturated heterocycles. The zero-order chi connectivity index (χ0) is 16.8. The molecule has 122 valence electrons. The van der Waals surface area contributed by atoms with Crippen molar-refractivity contribution < 1.29 is 23.9 Å². The number of quaternary nitrogens is 1. The number of hydrogen-bond acceptors (Lipinski definition) is 4. The second kappa shape index (κ2) is 7.91. The molecule has 0 unspecified atom stereocenters. The first-order chi connectivity index (χ1) is 10.2. The van der Waals surface area contributed by atoms with Crippen LogP contribution in [0.25, 0.3) is 0 Å². The number of benzene rings is 1. The number of carbonyl (C=O) groups excluding carboxylic acids is 1. The van der Waals surface area contributed by atoms with Gasteiger partial charge in [-0.05, 0) is 12.0 Å². The number of esters is 1. The first-order valence-corrected chi connectivity index (χ1v) is 7.19. The van der Waals surface area contributed by atoms with Crippen LogP contribution in [0, 0.1) is 0 Å². The van der Waals surface area contributed by atoms with Crippen molar-refractivity contribution in [3.05, 3.63) is 35.9 Å². The number of aliphatic carboxylic acids is 1. The third-order valence-electron chi connectivity index (χ3n) is 3.04. The predicted molar refractivity (Wildman–Crippen MR) is 83.2 cm³/mol. The van der Waals surface area contributed by atoms with E-state index in [2.05, 4.69) is 0 Å². The quantitative estimate of drug-likeness (QED) is 0.543. The van der Waals surface area contributed by atoms with Gasteiger partial charge in [-0.3, -0.25) is 9.59 Å². The minimum absolute atomic E-state index is 0.223.